The topological polar surface area (TPSA) is 86.7 Å². The highest BCUT2D eigenvalue weighted by Gasteiger charge is 2.64. The molecule has 2 saturated heterocycles. The summed E-state index contributed by atoms with van der Waals surface area (Å²) < 4.78 is 8.94. The lowest BCUT2D eigenvalue weighted by atomic mass is 9.83. The van der Waals surface area contributed by atoms with Gasteiger partial charge in [0.15, 0.2) is 0 Å². The van der Waals surface area contributed by atoms with Crippen LogP contribution in [-0.4, -0.2) is 23.9 Å². The van der Waals surface area contributed by atoms with Crippen molar-refractivity contribution < 1.29 is 28.7 Å². The van der Waals surface area contributed by atoms with Crippen molar-refractivity contribution in [3.8, 4) is 0 Å². The molecule has 0 amide bonds. The Hall–Kier alpha value is -1.72. The van der Waals surface area contributed by atoms with Gasteiger partial charge in [-0.05, 0) is 6.42 Å². The Bertz CT molecular complexity index is 373. The summed E-state index contributed by atoms with van der Waals surface area (Å²) in [5.74, 6) is -5.94. The van der Waals surface area contributed by atoms with Crippen molar-refractivity contribution in [2.45, 2.75) is 6.42 Å². The van der Waals surface area contributed by atoms with E-state index in [1.165, 1.54) is 0 Å². The Kier molecular flexibility index (Phi) is 1.40. The number of carbonyl (C=O) groups is 4. The summed E-state index contributed by atoms with van der Waals surface area (Å²) in [7, 11) is 0. The molecule has 78 valence electrons. The molecular weight excluding hydrogens is 204 g/mol. The molecule has 0 aromatic carbocycles. The molecule has 0 aromatic heterocycles. The Morgan fingerprint density at radius 3 is 1.53 bits per heavy atom. The van der Waals surface area contributed by atoms with Gasteiger partial charge >= 0.3 is 23.9 Å². The van der Waals surface area contributed by atoms with Gasteiger partial charge in [0, 0.05) is 0 Å². The Morgan fingerprint density at radius 1 is 0.733 bits per heavy atom. The van der Waals surface area contributed by atoms with Crippen LogP contribution in [0.1, 0.15) is 6.42 Å². The highest BCUT2D eigenvalue weighted by Crippen LogP contribution is 2.49. The second kappa shape index (κ2) is 2.44. The van der Waals surface area contributed by atoms with Crippen molar-refractivity contribution in [2.75, 3.05) is 0 Å². The number of hydrogen-bond acceptors (Lipinski definition) is 6. The summed E-state index contributed by atoms with van der Waals surface area (Å²) in [4.78, 5) is 45.3. The zero-order chi connectivity index (χ0) is 10.7. The van der Waals surface area contributed by atoms with E-state index in [0.717, 1.165) is 0 Å². The van der Waals surface area contributed by atoms with E-state index in [2.05, 4.69) is 9.47 Å². The zero-order valence-corrected chi connectivity index (χ0v) is 7.47. The van der Waals surface area contributed by atoms with Crippen LogP contribution in [0.4, 0.5) is 0 Å². The number of carbonyl (C=O) groups excluding carboxylic acids is 4. The molecule has 3 fully saturated rings. The minimum Gasteiger partial charge on any atom is -0.393 e. The van der Waals surface area contributed by atoms with E-state index in [4.69, 9.17) is 0 Å². The third-order valence-electron chi connectivity index (χ3n) is 3.31. The number of cyclic esters (lactones) is 4. The molecule has 6 heteroatoms. The van der Waals surface area contributed by atoms with Crippen LogP contribution in [0, 0.1) is 23.7 Å². The largest absolute Gasteiger partial charge is 0.393 e. The van der Waals surface area contributed by atoms with E-state index in [9.17, 15) is 19.2 Å². The van der Waals surface area contributed by atoms with Crippen molar-refractivity contribution in [3.05, 3.63) is 0 Å². The van der Waals surface area contributed by atoms with Crippen LogP contribution in [0.3, 0.4) is 0 Å². The van der Waals surface area contributed by atoms with Crippen LogP contribution in [0.15, 0.2) is 0 Å². The minimum atomic E-state index is -0.804. The van der Waals surface area contributed by atoms with Gasteiger partial charge in [0.2, 0.25) is 0 Å². The van der Waals surface area contributed by atoms with E-state index < -0.39 is 47.5 Å². The monoisotopic (exact) mass is 210 g/mol. The van der Waals surface area contributed by atoms with Crippen molar-refractivity contribution in [3.63, 3.8) is 0 Å². The van der Waals surface area contributed by atoms with Gasteiger partial charge in [-0.3, -0.25) is 19.2 Å². The van der Waals surface area contributed by atoms with Crippen LogP contribution in [0.25, 0.3) is 0 Å². The first-order chi connectivity index (χ1) is 7.09. The summed E-state index contributed by atoms with van der Waals surface area (Å²) in [6.07, 6.45) is 0.185. The first kappa shape index (κ1) is 8.58. The number of hydrogen-bond donors (Lipinski definition) is 0. The zero-order valence-electron chi connectivity index (χ0n) is 7.47. The van der Waals surface area contributed by atoms with Gasteiger partial charge in [-0.2, -0.15) is 0 Å². The smallest absolute Gasteiger partial charge is 0.318 e. The molecule has 0 N–H and O–H groups in total. The van der Waals surface area contributed by atoms with Crippen molar-refractivity contribution in [2.24, 2.45) is 23.7 Å². The lowest BCUT2D eigenvalue weighted by Crippen LogP contribution is -2.47. The van der Waals surface area contributed by atoms with E-state index in [1.807, 2.05) is 0 Å². The molecule has 1 aliphatic carbocycles. The van der Waals surface area contributed by atoms with E-state index in [1.54, 1.807) is 0 Å². The van der Waals surface area contributed by atoms with Gasteiger partial charge < -0.3 is 9.47 Å². The SMILES string of the molecule is O=C1OC(=O)C2C3CC1C2C(=O)OC3=O. The van der Waals surface area contributed by atoms with Gasteiger partial charge in [0.05, 0.1) is 23.7 Å². The van der Waals surface area contributed by atoms with Gasteiger partial charge in [-0.1, -0.05) is 0 Å². The van der Waals surface area contributed by atoms with E-state index in [0.29, 0.717) is 0 Å². The average molecular weight is 210 g/mol. The molecule has 0 spiro atoms. The first-order valence-electron chi connectivity index (χ1n) is 4.60. The molecule has 2 heterocycles. The summed E-state index contributed by atoms with van der Waals surface area (Å²) in [5.41, 5.74) is 0. The molecule has 1 saturated carbocycles. The maximum atomic E-state index is 11.4. The summed E-state index contributed by atoms with van der Waals surface area (Å²) in [6.45, 7) is 0. The van der Waals surface area contributed by atoms with E-state index in [-0.39, 0.29) is 6.42 Å². The first-order valence-corrected chi connectivity index (χ1v) is 4.60. The Morgan fingerprint density at radius 2 is 1.13 bits per heavy atom. The Labute approximate surface area is 83.5 Å². The van der Waals surface area contributed by atoms with Crippen molar-refractivity contribution >= 4 is 23.9 Å². The predicted molar refractivity (Wildman–Crippen MR) is 40.8 cm³/mol. The number of ether oxygens (including phenoxy) is 2. The van der Waals surface area contributed by atoms with E-state index >= 15 is 0 Å². The molecule has 4 atom stereocenters. The van der Waals surface area contributed by atoms with Crippen LogP contribution in [-0.2, 0) is 28.7 Å². The van der Waals surface area contributed by atoms with Gasteiger partial charge in [0.1, 0.15) is 0 Å². The Balaban J connectivity index is 2.12. The minimum absolute atomic E-state index is 0.185. The van der Waals surface area contributed by atoms with Gasteiger partial charge in [-0.25, -0.2) is 0 Å². The summed E-state index contributed by atoms with van der Waals surface area (Å²) in [6, 6.07) is 0. The molecule has 6 nitrogen and oxygen atoms in total. The van der Waals surface area contributed by atoms with Gasteiger partial charge in [0.25, 0.3) is 0 Å². The highest BCUT2D eigenvalue weighted by molar-refractivity contribution is 6.05. The second-order valence-electron chi connectivity index (χ2n) is 3.98. The summed E-state index contributed by atoms with van der Waals surface area (Å²) in [5, 5.41) is 0. The molecule has 3 rings (SSSR count). The normalized spacial score (nSPS) is 42.7. The maximum Gasteiger partial charge on any atom is 0.318 e. The second-order valence-corrected chi connectivity index (χ2v) is 3.98. The predicted octanol–water partition coefficient (Wildman–Crippen LogP) is -0.978. The molecular formula is C9H6O6. The number of rotatable bonds is 0. The molecule has 0 aromatic rings. The molecule has 4 unspecified atom stereocenters. The maximum absolute atomic E-state index is 11.4. The average Bonchev–Trinajstić information content (AvgIpc) is 2.43. The van der Waals surface area contributed by atoms with Crippen LogP contribution >= 0.6 is 0 Å². The van der Waals surface area contributed by atoms with Crippen molar-refractivity contribution in [1.29, 1.82) is 0 Å². The van der Waals surface area contributed by atoms with Crippen LogP contribution in [0.5, 0.6) is 0 Å². The standard InChI is InChI=1S/C9H6O6/c10-6-2-1-3-5(9(13)14-6)4(2)8(12)15-7(3)11/h2-5H,1H2. The summed E-state index contributed by atoms with van der Waals surface area (Å²) >= 11 is 0. The molecule has 4 bridgehead atoms. The van der Waals surface area contributed by atoms with Crippen LogP contribution < -0.4 is 0 Å². The van der Waals surface area contributed by atoms with Crippen LogP contribution in [0.2, 0.25) is 0 Å². The quantitative estimate of drug-likeness (QED) is 0.377. The molecule has 3 aliphatic rings. The van der Waals surface area contributed by atoms with Gasteiger partial charge in [-0.15, -0.1) is 0 Å². The molecule has 0 radical (unpaired) electrons. The fourth-order valence-electron chi connectivity index (χ4n) is 2.66. The van der Waals surface area contributed by atoms with Crippen molar-refractivity contribution in [1.82, 2.24) is 0 Å². The fraction of sp³-hybridized carbons (Fsp3) is 0.556. The third-order valence-corrected chi connectivity index (χ3v) is 3.31. The number of esters is 4. The lowest BCUT2D eigenvalue weighted by Gasteiger charge is -2.29. The highest BCUT2D eigenvalue weighted by atomic mass is 16.6. The third kappa shape index (κ3) is 0.886. The lowest BCUT2D eigenvalue weighted by molar-refractivity contribution is -0.189. The molecule has 15 heavy (non-hydrogen) atoms. The fourth-order valence-corrected chi connectivity index (χ4v) is 2.66. The molecule has 2 aliphatic heterocycles.